The average Bonchev–Trinajstić information content (AvgIpc) is 2.50. The quantitative estimate of drug-likeness (QED) is 0.696. The minimum Gasteiger partial charge on any atom is -0.334 e. The average molecular weight is 177 g/mol. The molecule has 0 amide bonds. The van der Waals surface area contributed by atoms with E-state index in [0.717, 1.165) is 11.7 Å². The Balaban J connectivity index is 1.82. The van der Waals surface area contributed by atoms with Gasteiger partial charge in [0.15, 0.2) is 0 Å². The van der Waals surface area contributed by atoms with Crippen molar-refractivity contribution in [2.45, 2.75) is 25.8 Å². The Labute approximate surface area is 78.2 Å². The second-order valence-corrected chi connectivity index (χ2v) is 4.47. The lowest BCUT2D eigenvalue weighted by Gasteiger charge is -2.07. The van der Waals surface area contributed by atoms with E-state index in [0.29, 0.717) is 5.41 Å². The molecular weight excluding hydrogens is 162 g/mol. The number of nitrogens with one attached hydrogen (secondary N) is 1. The molecule has 0 bridgehead atoms. The Hall–Kier alpha value is -0.830. The van der Waals surface area contributed by atoms with Gasteiger partial charge in [-0.25, -0.2) is 4.98 Å². The lowest BCUT2D eigenvalue weighted by molar-refractivity contribution is 0.490. The topological polar surface area (TPSA) is 29.9 Å². The van der Waals surface area contributed by atoms with E-state index in [9.17, 15) is 0 Å². The molecule has 1 spiro atoms. The summed E-state index contributed by atoms with van der Waals surface area (Å²) in [6.07, 6.45) is 6.83. The van der Waals surface area contributed by atoms with Crippen molar-refractivity contribution in [2.24, 2.45) is 5.41 Å². The van der Waals surface area contributed by atoms with Crippen LogP contribution in [0.25, 0.3) is 0 Å². The van der Waals surface area contributed by atoms with Crippen molar-refractivity contribution >= 4 is 0 Å². The maximum absolute atomic E-state index is 4.27. The van der Waals surface area contributed by atoms with Crippen LogP contribution in [0.4, 0.5) is 0 Å². The molecule has 3 nitrogen and oxygen atoms in total. The van der Waals surface area contributed by atoms with E-state index in [1.54, 1.807) is 0 Å². The number of rotatable bonds is 1. The van der Waals surface area contributed by atoms with E-state index in [4.69, 9.17) is 0 Å². The van der Waals surface area contributed by atoms with E-state index in [-0.39, 0.29) is 0 Å². The Morgan fingerprint density at radius 1 is 1.69 bits per heavy atom. The third-order valence-corrected chi connectivity index (χ3v) is 3.51. The highest BCUT2D eigenvalue weighted by molar-refractivity contribution is 5.12. The number of aromatic nitrogens is 2. The highest BCUT2D eigenvalue weighted by atomic mass is 15.1. The summed E-state index contributed by atoms with van der Waals surface area (Å²) in [4.78, 5) is 4.27. The summed E-state index contributed by atoms with van der Waals surface area (Å²) < 4.78 is 2.29. The van der Waals surface area contributed by atoms with Crippen LogP contribution >= 0.6 is 0 Å². The molecule has 2 atom stereocenters. The van der Waals surface area contributed by atoms with Gasteiger partial charge in [-0.2, -0.15) is 0 Å². The summed E-state index contributed by atoms with van der Waals surface area (Å²) in [6.45, 7) is 4.46. The van der Waals surface area contributed by atoms with Crippen molar-refractivity contribution < 1.29 is 0 Å². The van der Waals surface area contributed by atoms with Crippen molar-refractivity contribution in [1.82, 2.24) is 14.9 Å². The van der Waals surface area contributed by atoms with E-state index in [1.807, 2.05) is 6.33 Å². The molecule has 2 heterocycles. The van der Waals surface area contributed by atoms with Crippen LogP contribution < -0.4 is 5.32 Å². The van der Waals surface area contributed by atoms with Crippen LogP contribution in [0.15, 0.2) is 12.5 Å². The van der Waals surface area contributed by atoms with Gasteiger partial charge in [0.05, 0.1) is 12.0 Å². The molecule has 1 aliphatic carbocycles. The third-order valence-electron chi connectivity index (χ3n) is 3.51. The van der Waals surface area contributed by atoms with E-state index in [2.05, 4.69) is 28.0 Å². The Morgan fingerprint density at radius 3 is 3.23 bits per heavy atom. The maximum Gasteiger partial charge on any atom is 0.0952 e. The molecule has 3 heteroatoms. The number of hydrogen-bond donors (Lipinski definition) is 1. The zero-order valence-corrected chi connectivity index (χ0v) is 7.95. The first-order chi connectivity index (χ1) is 6.30. The highest BCUT2D eigenvalue weighted by Gasteiger charge is 2.56. The van der Waals surface area contributed by atoms with E-state index in [1.165, 1.54) is 25.9 Å². The van der Waals surface area contributed by atoms with Gasteiger partial charge in [0.1, 0.15) is 0 Å². The SMILES string of the molecule is Cc1cn([C@H]2C[C@@]23CCNC3)cn1. The Kier molecular flexibility index (Phi) is 1.37. The van der Waals surface area contributed by atoms with Crippen LogP contribution in [0.1, 0.15) is 24.6 Å². The normalized spacial score (nSPS) is 37.2. The lowest BCUT2D eigenvalue weighted by Crippen LogP contribution is -2.12. The van der Waals surface area contributed by atoms with Crippen molar-refractivity contribution in [2.75, 3.05) is 13.1 Å². The summed E-state index contributed by atoms with van der Waals surface area (Å²) in [7, 11) is 0. The molecular formula is C10H15N3. The molecule has 0 unspecified atom stereocenters. The smallest absolute Gasteiger partial charge is 0.0952 e. The molecule has 13 heavy (non-hydrogen) atoms. The lowest BCUT2D eigenvalue weighted by atomic mass is 10.1. The Bertz CT molecular complexity index is 323. The molecule has 2 aliphatic rings. The number of aryl methyl sites for hydroxylation is 1. The Morgan fingerprint density at radius 2 is 2.62 bits per heavy atom. The summed E-state index contributed by atoms with van der Waals surface area (Å²) >= 11 is 0. The van der Waals surface area contributed by atoms with Gasteiger partial charge in [0, 0.05) is 24.2 Å². The van der Waals surface area contributed by atoms with Crippen LogP contribution in [0, 0.1) is 12.3 Å². The minimum atomic E-state index is 0.590. The van der Waals surface area contributed by atoms with Crippen molar-refractivity contribution in [3.8, 4) is 0 Å². The molecule has 1 aliphatic heterocycles. The molecule has 1 N–H and O–H groups in total. The third kappa shape index (κ3) is 1.03. The molecule has 1 aromatic rings. The fourth-order valence-electron chi connectivity index (χ4n) is 2.58. The van der Waals surface area contributed by atoms with Crippen LogP contribution in [-0.2, 0) is 0 Å². The molecule has 70 valence electrons. The minimum absolute atomic E-state index is 0.590. The van der Waals surface area contributed by atoms with Gasteiger partial charge in [-0.1, -0.05) is 0 Å². The van der Waals surface area contributed by atoms with Gasteiger partial charge < -0.3 is 9.88 Å². The zero-order valence-electron chi connectivity index (χ0n) is 7.95. The maximum atomic E-state index is 4.27. The first-order valence-corrected chi connectivity index (χ1v) is 5.01. The van der Waals surface area contributed by atoms with Gasteiger partial charge >= 0.3 is 0 Å². The van der Waals surface area contributed by atoms with Gasteiger partial charge in [-0.15, -0.1) is 0 Å². The van der Waals surface area contributed by atoms with Crippen molar-refractivity contribution in [3.63, 3.8) is 0 Å². The molecule has 3 rings (SSSR count). The van der Waals surface area contributed by atoms with Crippen LogP contribution in [0.2, 0.25) is 0 Å². The summed E-state index contributed by atoms with van der Waals surface area (Å²) in [5, 5.41) is 3.45. The molecule has 2 fully saturated rings. The fraction of sp³-hybridized carbons (Fsp3) is 0.700. The second kappa shape index (κ2) is 2.35. The van der Waals surface area contributed by atoms with Gasteiger partial charge in [0.2, 0.25) is 0 Å². The second-order valence-electron chi connectivity index (χ2n) is 4.47. The predicted molar refractivity (Wildman–Crippen MR) is 50.5 cm³/mol. The van der Waals surface area contributed by atoms with Crippen LogP contribution in [0.5, 0.6) is 0 Å². The van der Waals surface area contributed by atoms with Crippen LogP contribution in [-0.4, -0.2) is 22.6 Å². The van der Waals surface area contributed by atoms with Gasteiger partial charge in [0.25, 0.3) is 0 Å². The molecule has 1 saturated carbocycles. The monoisotopic (exact) mass is 177 g/mol. The zero-order chi connectivity index (χ0) is 8.89. The van der Waals surface area contributed by atoms with Gasteiger partial charge in [-0.3, -0.25) is 0 Å². The van der Waals surface area contributed by atoms with Gasteiger partial charge in [-0.05, 0) is 26.3 Å². The standard InChI is InChI=1S/C10H15N3/c1-8-5-13(7-12-8)9-4-10(9)2-3-11-6-10/h5,7,9,11H,2-4,6H2,1H3/t9-,10+/m0/s1. The summed E-state index contributed by atoms with van der Waals surface area (Å²) in [6, 6.07) is 0.726. The largest absolute Gasteiger partial charge is 0.334 e. The highest BCUT2D eigenvalue weighted by Crippen LogP contribution is 2.59. The molecule has 1 saturated heterocycles. The van der Waals surface area contributed by atoms with Crippen molar-refractivity contribution in [3.05, 3.63) is 18.2 Å². The van der Waals surface area contributed by atoms with E-state index < -0.39 is 0 Å². The fourth-order valence-corrected chi connectivity index (χ4v) is 2.58. The summed E-state index contributed by atoms with van der Waals surface area (Å²) in [5.74, 6) is 0. The molecule has 1 aromatic heterocycles. The summed E-state index contributed by atoms with van der Waals surface area (Å²) in [5.41, 5.74) is 1.72. The number of imidazole rings is 1. The number of nitrogens with zero attached hydrogens (tertiary/aromatic N) is 2. The van der Waals surface area contributed by atoms with Crippen LogP contribution in [0.3, 0.4) is 0 Å². The first kappa shape index (κ1) is 7.56. The molecule has 0 radical (unpaired) electrons. The number of hydrogen-bond acceptors (Lipinski definition) is 2. The first-order valence-electron chi connectivity index (χ1n) is 5.01. The molecule has 0 aromatic carbocycles. The van der Waals surface area contributed by atoms with E-state index >= 15 is 0 Å². The van der Waals surface area contributed by atoms with Crippen molar-refractivity contribution in [1.29, 1.82) is 0 Å². The predicted octanol–water partition coefficient (Wildman–Crippen LogP) is 1.12.